The van der Waals surface area contributed by atoms with Crippen molar-refractivity contribution >= 4 is 17.8 Å². The molecule has 1 aliphatic heterocycles. The number of nitrogens with one attached hydrogen (secondary N) is 2. The quantitative estimate of drug-likeness (QED) is 0.671. The minimum atomic E-state index is 0.986. The van der Waals surface area contributed by atoms with Crippen molar-refractivity contribution in [2.75, 3.05) is 0 Å². The SMILES string of the molecule is Cc1cc(C)c(C=c2ccc(=C3C=c4ccccc4=N3)[nH]2)[nH]1. The molecule has 4 rings (SSSR count). The summed E-state index contributed by atoms with van der Waals surface area (Å²) < 4.78 is 0. The number of aromatic nitrogens is 2. The van der Waals surface area contributed by atoms with Crippen molar-refractivity contribution in [3.05, 3.63) is 80.7 Å². The molecule has 3 heterocycles. The fourth-order valence-corrected chi connectivity index (χ4v) is 2.86. The molecule has 0 aliphatic carbocycles. The first-order chi connectivity index (χ1) is 10.7. The molecule has 0 spiro atoms. The predicted octanol–water partition coefficient (Wildman–Crippen LogP) is 1.01. The molecule has 2 N–H and O–H groups in total. The molecule has 0 unspecified atom stereocenters. The number of fused-ring (bicyclic) bond motifs is 1. The van der Waals surface area contributed by atoms with Gasteiger partial charge in [-0.15, -0.1) is 0 Å². The highest BCUT2D eigenvalue weighted by atomic mass is 14.8. The zero-order valence-electron chi connectivity index (χ0n) is 12.6. The number of nitrogens with zero attached hydrogens (tertiary/aromatic N) is 1. The molecule has 1 aromatic carbocycles. The average molecular weight is 287 g/mol. The van der Waals surface area contributed by atoms with Crippen molar-refractivity contribution in [1.82, 2.24) is 9.97 Å². The molecule has 0 amide bonds. The highest BCUT2D eigenvalue weighted by molar-refractivity contribution is 5.76. The molecule has 3 heteroatoms. The standard InChI is InChI=1S/C19H17N3/c1-12-9-13(2)20-18(12)11-15-7-8-17(21-15)19-10-14-5-3-4-6-16(14)22-19/h3-11,20-21H,1-2H3. The Morgan fingerprint density at radius 2 is 1.86 bits per heavy atom. The maximum absolute atomic E-state index is 4.67. The fraction of sp³-hybridized carbons (Fsp3) is 0.105. The Balaban J connectivity index is 1.85. The van der Waals surface area contributed by atoms with E-state index in [0.717, 1.165) is 27.4 Å². The molecule has 0 saturated carbocycles. The molecule has 0 radical (unpaired) electrons. The molecule has 108 valence electrons. The van der Waals surface area contributed by atoms with Gasteiger partial charge in [-0.3, -0.25) is 0 Å². The third kappa shape index (κ3) is 2.21. The predicted molar refractivity (Wildman–Crippen MR) is 89.0 cm³/mol. The first-order valence-corrected chi connectivity index (χ1v) is 7.42. The van der Waals surface area contributed by atoms with E-state index in [1.54, 1.807) is 0 Å². The molecule has 22 heavy (non-hydrogen) atoms. The summed E-state index contributed by atoms with van der Waals surface area (Å²) in [6.07, 6.45) is 4.25. The lowest BCUT2D eigenvalue weighted by Crippen LogP contribution is -2.19. The van der Waals surface area contributed by atoms with Crippen LogP contribution in [0, 0.1) is 13.8 Å². The van der Waals surface area contributed by atoms with Crippen molar-refractivity contribution in [3.8, 4) is 0 Å². The Morgan fingerprint density at radius 3 is 2.64 bits per heavy atom. The van der Waals surface area contributed by atoms with E-state index in [2.05, 4.69) is 65.2 Å². The van der Waals surface area contributed by atoms with Gasteiger partial charge in [0.15, 0.2) is 0 Å². The Labute approximate surface area is 128 Å². The zero-order chi connectivity index (χ0) is 15.1. The number of benzene rings is 1. The Kier molecular flexibility index (Phi) is 2.86. The summed E-state index contributed by atoms with van der Waals surface area (Å²) in [6.45, 7) is 4.19. The molecule has 0 atom stereocenters. The van der Waals surface area contributed by atoms with E-state index in [4.69, 9.17) is 0 Å². The molecule has 1 aliphatic rings. The average Bonchev–Trinajstić information content (AvgIpc) is 3.18. The Bertz CT molecular complexity index is 1060. The third-order valence-corrected chi connectivity index (χ3v) is 3.94. The summed E-state index contributed by atoms with van der Waals surface area (Å²) in [6, 6.07) is 14.5. The normalized spacial score (nSPS) is 16.4. The van der Waals surface area contributed by atoms with E-state index in [9.17, 15) is 0 Å². The van der Waals surface area contributed by atoms with Gasteiger partial charge in [-0.25, -0.2) is 4.99 Å². The van der Waals surface area contributed by atoms with Crippen LogP contribution < -0.4 is 21.3 Å². The second kappa shape index (κ2) is 4.88. The monoisotopic (exact) mass is 287 g/mol. The number of hydrogen-bond donors (Lipinski definition) is 2. The van der Waals surface area contributed by atoms with Crippen LogP contribution in [0.2, 0.25) is 0 Å². The minimum Gasteiger partial charge on any atom is -0.359 e. The van der Waals surface area contributed by atoms with Gasteiger partial charge in [0.2, 0.25) is 0 Å². The summed E-state index contributed by atoms with van der Waals surface area (Å²) in [7, 11) is 0. The number of hydrogen-bond acceptors (Lipinski definition) is 1. The molecule has 0 saturated heterocycles. The largest absolute Gasteiger partial charge is 0.359 e. The van der Waals surface area contributed by atoms with E-state index < -0.39 is 0 Å². The van der Waals surface area contributed by atoms with Crippen LogP contribution in [0.3, 0.4) is 0 Å². The topological polar surface area (TPSA) is 43.9 Å². The molecule has 0 fully saturated rings. The van der Waals surface area contributed by atoms with Crippen LogP contribution in [0.1, 0.15) is 17.0 Å². The Hall–Kier alpha value is -2.81. The van der Waals surface area contributed by atoms with E-state index in [1.165, 1.54) is 16.5 Å². The summed E-state index contributed by atoms with van der Waals surface area (Å²) in [5.41, 5.74) is 4.57. The van der Waals surface area contributed by atoms with Gasteiger partial charge in [0.1, 0.15) is 0 Å². The van der Waals surface area contributed by atoms with E-state index in [-0.39, 0.29) is 0 Å². The zero-order valence-corrected chi connectivity index (χ0v) is 12.6. The Morgan fingerprint density at radius 1 is 1.00 bits per heavy atom. The van der Waals surface area contributed by atoms with Crippen LogP contribution in [0.5, 0.6) is 0 Å². The summed E-state index contributed by atoms with van der Waals surface area (Å²) in [5, 5.41) is 4.33. The van der Waals surface area contributed by atoms with E-state index in [0.29, 0.717) is 0 Å². The van der Waals surface area contributed by atoms with Crippen LogP contribution in [0.15, 0.2) is 47.5 Å². The second-order valence-corrected chi connectivity index (χ2v) is 5.72. The fourth-order valence-electron chi connectivity index (χ4n) is 2.86. The van der Waals surface area contributed by atoms with Crippen molar-refractivity contribution in [1.29, 1.82) is 0 Å². The maximum atomic E-state index is 4.67. The van der Waals surface area contributed by atoms with Gasteiger partial charge in [0, 0.05) is 22.0 Å². The van der Waals surface area contributed by atoms with Gasteiger partial charge in [0.25, 0.3) is 0 Å². The van der Waals surface area contributed by atoms with Crippen LogP contribution in [-0.2, 0) is 0 Å². The number of rotatable bonds is 1. The van der Waals surface area contributed by atoms with Gasteiger partial charge in [-0.2, -0.15) is 0 Å². The van der Waals surface area contributed by atoms with E-state index in [1.807, 2.05) is 18.2 Å². The van der Waals surface area contributed by atoms with Crippen LogP contribution in [0.25, 0.3) is 17.8 Å². The number of H-pyrrole nitrogens is 2. The van der Waals surface area contributed by atoms with Gasteiger partial charge in [0.05, 0.1) is 16.4 Å². The maximum Gasteiger partial charge on any atom is 0.0878 e. The van der Waals surface area contributed by atoms with E-state index >= 15 is 0 Å². The van der Waals surface area contributed by atoms with Crippen molar-refractivity contribution in [2.45, 2.75) is 13.8 Å². The molecule has 2 aromatic heterocycles. The number of para-hydroxylation sites is 1. The first kappa shape index (κ1) is 12.9. The lowest BCUT2D eigenvalue weighted by molar-refractivity contribution is 1.21. The highest BCUT2D eigenvalue weighted by Crippen LogP contribution is 2.08. The number of aryl methyl sites for hydroxylation is 2. The number of aromatic amines is 2. The van der Waals surface area contributed by atoms with Gasteiger partial charge in [-0.1, -0.05) is 18.2 Å². The smallest absolute Gasteiger partial charge is 0.0878 e. The van der Waals surface area contributed by atoms with Gasteiger partial charge < -0.3 is 9.97 Å². The molecule has 3 aromatic rings. The summed E-state index contributed by atoms with van der Waals surface area (Å²) in [4.78, 5) is 11.5. The lowest BCUT2D eigenvalue weighted by Gasteiger charge is -1.89. The minimum absolute atomic E-state index is 0.986. The van der Waals surface area contributed by atoms with Crippen LogP contribution >= 0.6 is 0 Å². The molecular weight excluding hydrogens is 270 g/mol. The molecular formula is C19H17N3. The first-order valence-electron chi connectivity index (χ1n) is 7.42. The van der Waals surface area contributed by atoms with Crippen LogP contribution in [0.4, 0.5) is 0 Å². The third-order valence-electron chi connectivity index (χ3n) is 3.94. The van der Waals surface area contributed by atoms with Gasteiger partial charge >= 0.3 is 0 Å². The second-order valence-electron chi connectivity index (χ2n) is 5.72. The summed E-state index contributed by atoms with van der Waals surface area (Å²) in [5.74, 6) is 0. The summed E-state index contributed by atoms with van der Waals surface area (Å²) >= 11 is 0. The van der Waals surface area contributed by atoms with Crippen LogP contribution in [-0.4, -0.2) is 9.97 Å². The molecule has 0 bridgehead atoms. The van der Waals surface area contributed by atoms with Crippen molar-refractivity contribution < 1.29 is 0 Å². The highest BCUT2D eigenvalue weighted by Gasteiger charge is 2.02. The van der Waals surface area contributed by atoms with Crippen molar-refractivity contribution in [3.63, 3.8) is 0 Å². The van der Waals surface area contributed by atoms with Gasteiger partial charge in [-0.05, 0) is 55.8 Å². The lowest BCUT2D eigenvalue weighted by atomic mass is 10.2. The molecule has 3 nitrogen and oxygen atoms in total. The van der Waals surface area contributed by atoms with Crippen molar-refractivity contribution in [2.24, 2.45) is 4.99 Å².